The van der Waals surface area contributed by atoms with E-state index in [0.29, 0.717) is 5.13 Å². The van der Waals surface area contributed by atoms with Crippen LogP contribution in [0.1, 0.15) is 5.56 Å². The van der Waals surface area contributed by atoms with Gasteiger partial charge in [0, 0.05) is 17.3 Å². The largest absolute Gasteiger partial charge is 0.253 e. The molecule has 0 spiro atoms. The van der Waals surface area contributed by atoms with Crippen LogP contribution < -0.4 is 5.43 Å². The van der Waals surface area contributed by atoms with Crippen molar-refractivity contribution in [2.45, 2.75) is 4.21 Å². The van der Waals surface area contributed by atoms with E-state index in [1.54, 1.807) is 6.21 Å². The molecule has 0 saturated carbocycles. The van der Waals surface area contributed by atoms with Crippen LogP contribution in [0.25, 0.3) is 11.3 Å². The van der Waals surface area contributed by atoms with Crippen molar-refractivity contribution in [3.05, 3.63) is 66.2 Å². The van der Waals surface area contributed by atoms with Crippen LogP contribution in [0.15, 0.2) is 70.0 Å². The van der Waals surface area contributed by atoms with Gasteiger partial charge in [-0.1, -0.05) is 72.0 Å². The molecule has 0 amide bonds. The second-order valence-corrected chi connectivity index (χ2v) is 6.55. The number of hydrazone groups is 1. The number of thiazole rings is 1. The summed E-state index contributed by atoms with van der Waals surface area (Å²) in [5.74, 6) is 0. The van der Waals surface area contributed by atoms with Crippen LogP contribution in [-0.4, -0.2) is 11.2 Å². The Hall–Kier alpha value is -2.62. The number of hydrogen-bond donors (Lipinski definition) is 1. The van der Waals surface area contributed by atoms with Crippen molar-refractivity contribution in [1.82, 2.24) is 4.98 Å². The highest BCUT2D eigenvalue weighted by Crippen LogP contribution is 2.37. The van der Waals surface area contributed by atoms with Gasteiger partial charge in [-0.2, -0.15) is 10.4 Å². The van der Waals surface area contributed by atoms with Crippen molar-refractivity contribution in [1.29, 1.82) is 5.26 Å². The van der Waals surface area contributed by atoms with E-state index >= 15 is 0 Å². The number of benzene rings is 2. The molecule has 0 fully saturated rings. The minimum Gasteiger partial charge on any atom is -0.253 e. The van der Waals surface area contributed by atoms with E-state index < -0.39 is 0 Å². The monoisotopic (exact) mass is 336 g/mol. The average molecular weight is 336 g/mol. The van der Waals surface area contributed by atoms with Gasteiger partial charge in [-0.05, 0) is 5.56 Å². The Labute approximate surface area is 142 Å². The smallest absolute Gasteiger partial charge is 0.205 e. The van der Waals surface area contributed by atoms with Crippen LogP contribution in [0.2, 0.25) is 0 Å². The van der Waals surface area contributed by atoms with E-state index in [9.17, 15) is 0 Å². The lowest BCUT2D eigenvalue weighted by Crippen LogP contribution is -1.89. The number of aromatic nitrogens is 1. The lowest BCUT2D eigenvalue weighted by molar-refractivity contribution is 1.28. The fraction of sp³-hybridized carbons (Fsp3) is 0. The Balaban J connectivity index is 1.81. The van der Waals surface area contributed by atoms with E-state index in [4.69, 9.17) is 5.26 Å². The molecule has 2 aromatic carbocycles. The van der Waals surface area contributed by atoms with Gasteiger partial charge in [0.1, 0.15) is 9.61 Å². The molecule has 0 radical (unpaired) electrons. The maximum Gasteiger partial charge on any atom is 0.205 e. The first-order valence-electron chi connectivity index (χ1n) is 6.83. The molecule has 1 N–H and O–H groups in total. The van der Waals surface area contributed by atoms with Gasteiger partial charge < -0.3 is 0 Å². The third-order valence-electron chi connectivity index (χ3n) is 2.96. The first-order chi connectivity index (χ1) is 11.4. The number of thiocyanates is 1. The van der Waals surface area contributed by atoms with Crippen molar-refractivity contribution >= 4 is 34.4 Å². The SMILES string of the molecule is N#CSc1sc(NN=Cc2ccccc2)nc1-c1ccccc1. The topological polar surface area (TPSA) is 61.1 Å². The van der Waals surface area contributed by atoms with Crippen molar-refractivity contribution < 1.29 is 0 Å². The molecule has 4 nitrogen and oxygen atoms in total. The van der Waals surface area contributed by atoms with Gasteiger partial charge in [0.15, 0.2) is 0 Å². The maximum absolute atomic E-state index is 8.97. The third kappa shape index (κ3) is 3.97. The number of rotatable bonds is 5. The molecule has 1 heterocycles. The Morgan fingerprint density at radius 3 is 2.48 bits per heavy atom. The molecule has 0 aliphatic rings. The van der Waals surface area contributed by atoms with Crippen molar-refractivity contribution in [2.24, 2.45) is 5.10 Å². The second-order valence-electron chi connectivity index (χ2n) is 4.50. The van der Waals surface area contributed by atoms with Gasteiger partial charge >= 0.3 is 0 Å². The zero-order valence-electron chi connectivity index (χ0n) is 12.0. The highest BCUT2D eigenvalue weighted by Gasteiger charge is 2.13. The Morgan fingerprint density at radius 2 is 1.78 bits per heavy atom. The fourth-order valence-electron chi connectivity index (χ4n) is 1.94. The molecule has 0 unspecified atom stereocenters. The number of nitriles is 1. The average Bonchev–Trinajstić information content (AvgIpc) is 3.00. The fourth-order valence-corrected chi connectivity index (χ4v) is 3.47. The number of hydrogen-bond acceptors (Lipinski definition) is 6. The number of thioether (sulfide) groups is 1. The molecular formula is C17H12N4S2. The Morgan fingerprint density at radius 1 is 1.09 bits per heavy atom. The minimum absolute atomic E-state index is 0.661. The number of nitrogens with zero attached hydrogens (tertiary/aromatic N) is 3. The molecule has 3 rings (SSSR count). The van der Waals surface area contributed by atoms with Crippen LogP contribution in [0.4, 0.5) is 5.13 Å². The Kier molecular flexibility index (Phi) is 5.04. The number of nitrogens with one attached hydrogen (secondary N) is 1. The molecule has 6 heteroatoms. The zero-order chi connectivity index (χ0) is 15.9. The molecule has 1 aromatic heterocycles. The standard InChI is InChI=1S/C17H12N4S2/c18-12-22-16-15(14-9-5-2-6-10-14)20-17(23-16)21-19-11-13-7-3-1-4-8-13/h1-11H,(H,20,21). The summed E-state index contributed by atoms with van der Waals surface area (Å²) in [6.07, 6.45) is 1.74. The lowest BCUT2D eigenvalue weighted by Gasteiger charge is -1.97. The molecule has 0 saturated heterocycles. The quantitative estimate of drug-likeness (QED) is 0.314. The summed E-state index contributed by atoms with van der Waals surface area (Å²) in [5.41, 5.74) is 5.73. The number of anilines is 1. The van der Waals surface area contributed by atoms with Gasteiger partial charge in [-0.25, -0.2) is 4.98 Å². The van der Waals surface area contributed by atoms with Crippen LogP contribution >= 0.6 is 23.1 Å². The molecule has 0 aliphatic heterocycles. The van der Waals surface area contributed by atoms with E-state index in [2.05, 4.69) is 20.9 Å². The molecular weight excluding hydrogens is 324 g/mol. The lowest BCUT2D eigenvalue weighted by atomic mass is 10.2. The van der Waals surface area contributed by atoms with E-state index in [1.165, 1.54) is 11.3 Å². The normalized spacial score (nSPS) is 10.6. The predicted molar refractivity (Wildman–Crippen MR) is 96.7 cm³/mol. The van der Waals surface area contributed by atoms with Crippen LogP contribution in [-0.2, 0) is 0 Å². The van der Waals surface area contributed by atoms with Crippen molar-refractivity contribution in [3.8, 4) is 16.7 Å². The summed E-state index contributed by atoms with van der Waals surface area (Å²) in [4.78, 5) is 4.55. The highest BCUT2D eigenvalue weighted by molar-refractivity contribution is 8.05. The molecule has 0 bridgehead atoms. The van der Waals surface area contributed by atoms with Crippen LogP contribution in [0.3, 0.4) is 0 Å². The maximum atomic E-state index is 8.97. The van der Waals surface area contributed by atoms with Crippen LogP contribution in [0, 0.1) is 10.7 Å². The zero-order valence-corrected chi connectivity index (χ0v) is 13.6. The second kappa shape index (κ2) is 7.58. The summed E-state index contributed by atoms with van der Waals surface area (Å²) in [7, 11) is 0. The molecule has 3 aromatic rings. The summed E-state index contributed by atoms with van der Waals surface area (Å²) < 4.78 is 0.858. The third-order valence-corrected chi connectivity index (χ3v) is 4.68. The Bertz CT molecular complexity index is 836. The molecule has 23 heavy (non-hydrogen) atoms. The highest BCUT2D eigenvalue weighted by atomic mass is 32.2. The van der Waals surface area contributed by atoms with Gasteiger partial charge in [-0.15, -0.1) is 0 Å². The molecule has 0 aliphatic carbocycles. The molecule has 112 valence electrons. The van der Waals surface area contributed by atoms with Gasteiger partial charge in [0.2, 0.25) is 5.13 Å². The minimum atomic E-state index is 0.661. The first-order valence-corrected chi connectivity index (χ1v) is 8.46. The molecule has 0 atom stereocenters. The van der Waals surface area contributed by atoms with Crippen LogP contribution in [0.5, 0.6) is 0 Å². The van der Waals surface area contributed by atoms with Crippen molar-refractivity contribution in [2.75, 3.05) is 5.43 Å². The van der Waals surface area contributed by atoms with E-state index in [0.717, 1.165) is 32.8 Å². The summed E-state index contributed by atoms with van der Waals surface area (Å²) in [5, 5.41) is 15.9. The van der Waals surface area contributed by atoms with E-state index in [1.807, 2.05) is 60.7 Å². The van der Waals surface area contributed by atoms with Crippen molar-refractivity contribution in [3.63, 3.8) is 0 Å². The summed E-state index contributed by atoms with van der Waals surface area (Å²) >= 11 is 2.54. The van der Waals surface area contributed by atoms with Gasteiger partial charge in [0.25, 0.3) is 0 Å². The predicted octanol–water partition coefficient (Wildman–Crippen LogP) is 4.83. The summed E-state index contributed by atoms with van der Waals surface area (Å²) in [6, 6.07) is 19.6. The van der Waals surface area contributed by atoms with Gasteiger partial charge in [0.05, 0.1) is 11.9 Å². The summed E-state index contributed by atoms with van der Waals surface area (Å²) in [6.45, 7) is 0. The first kappa shape index (κ1) is 15.3. The van der Waals surface area contributed by atoms with Gasteiger partial charge in [-0.3, -0.25) is 5.43 Å². The van der Waals surface area contributed by atoms with E-state index in [-0.39, 0.29) is 0 Å².